The fraction of sp³-hybridized carbons (Fsp3) is 0.167. The molecule has 25 heavy (non-hydrogen) atoms. The van der Waals surface area contributed by atoms with Crippen LogP contribution in [0.4, 0.5) is 5.69 Å². The number of amides is 1. The van der Waals surface area contributed by atoms with Gasteiger partial charge >= 0.3 is 0 Å². The van der Waals surface area contributed by atoms with E-state index in [9.17, 15) is 4.79 Å². The topological polar surface area (TPSA) is 68.0 Å². The molecule has 1 amide bonds. The van der Waals surface area contributed by atoms with Gasteiger partial charge in [-0.15, -0.1) is 10.2 Å². The van der Waals surface area contributed by atoms with Crippen LogP contribution >= 0.6 is 27.7 Å². The summed E-state index contributed by atoms with van der Waals surface area (Å²) in [6, 6.07) is 13.4. The third kappa shape index (κ3) is 4.49. The van der Waals surface area contributed by atoms with E-state index in [4.69, 9.17) is 4.42 Å². The van der Waals surface area contributed by atoms with E-state index in [0.717, 1.165) is 26.9 Å². The van der Waals surface area contributed by atoms with Gasteiger partial charge in [-0.05, 0) is 49.2 Å². The summed E-state index contributed by atoms with van der Waals surface area (Å²) < 4.78 is 6.54. The van der Waals surface area contributed by atoms with Crippen molar-refractivity contribution in [2.45, 2.75) is 19.1 Å². The molecule has 0 aliphatic carbocycles. The van der Waals surface area contributed by atoms with Crippen LogP contribution in [0.2, 0.25) is 0 Å². The number of hydrogen-bond acceptors (Lipinski definition) is 5. The van der Waals surface area contributed by atoms with E-state index >= 15 is 0 Å². The van der Waals surface area contributed by atoms with Crippen molar-refractivity contribution in [2.75, 3.05) is 11.1 Å². The molecule has 5 nitrogen and oxygen atoms in total. The second kappa shape index (κ2) is 7.84. The Bertz CT molecular complexity index is 911. The van der Waals surface area contributed by atoms with Crippen molar-refractivity contribution in [1.29, 1.82) is 0 Å². The van der Waals surface area contributed by atoms with Crippen molar-refractivity contribution in [1.82, 2.24) is 10.2 Å². The quantitative estimate of drug-likeness (QED) is 0.601. The van der Waals surface area contributed by atoms with E-state index in [-0.39, 0.29) is 11.7 Å². The van der Waals surface area contributed by atoms with Crippen molar-refractivity contribution in [3.05, 3.63) is 58.1 Å². The van der Waals surface area contributed by atoms with Crippen LogP contribution < -0.4 is 5.32 Å². The number of benzene rings is 2. The number of carbonyl (C=O) groups excluding carboxylic acids is 1. The molecule has 0 aliphatic heterocycles. The minimum Gasteiger partial charge on any atom is -0.411 e. The van der Waals surface area contributed by atoms with Gasteiger partial charge in [-0.3, -0.25) is 4.79 Å². The number of nitrogens with one attached hydrogen (secondary N) is 1. The first-order chi connectivity index (χ1) is 12.0. The molecule has 1 aromatic heterocycles. The number of hydrogen-bond donors (Lipinski definition) is 1. The van der Waals surface area contributed by atoms with Crippen LogP contribution in [0.3, 0.4) is 0 Å². The average Bonchev–Trinajstić information content (AvgIpc) is 3.06. The molecule has 0 saturated heterocycles. The van der Waals surface area contributed by atoms with Crippen molar-refractivity contribution >= 4 is 39.3 Å². The summed E-state index contributed by atoms with van der Waals surface area (Å²) in [4.78, 5) is 12.1. The van der Waals surface area contributed by atoms with E-state index in [2.05, 4.69) is 31.4 Å². The van der Waals surface area contributed by atoms with Gasteiger partial charge in [0, 0.05) is 15.7 Å². The van der Waals surface area contributed by atoms with Gasteiger partial charge in [0.05, 0.1) is 5.75 Å². The number of anilines is 1. The van der Waals surface area contributed by atoms with Crippen molar-refractivity contribution in [2.24, 2.45) is 0 Å². The first-order valence-electron chi connectivity index (χ1n) is 7.61. The highest BCUT2D eigenvalue weighted by atomic mass is 79.9. The van der Waals surface area contributed by atoms with Crippen LogP contribution in [0.5, 0.6) is 0 Å². The number of rotatable bonds is 5. The molecule has 3 rings (SSSR count). The molecular weight excluding hydrogens is 402 g/mol. The number of nitrogens with zero attached hydrogens (tertiary/aromatic N) is 2. The molecule has 0 fully saturated rings. The Labute approximate surface area is 158 Å². The van der Waals surface area contributed by atoms with Crippen molar-refractivity contribution in [3.8, 4) is 11.5 Å². The first kappa shape index (κ1) is 17.7. The molecule has 2 aromatic carbocycles. The third-order valence-electron chi connectivity index (χ3n) is 3.68. The highest BCUT2D eigenvalue weighted by Crippen LogP contribution is 2.25. The van der Waals surface area contributed by atoms with Gasteiger partial charge in [-0.2, -0.15) is 0 Å². The number of carbonyl (C=O) groups is 1. The van der Waals surface area contributed by atoms with Gasteiger partial charge in [-0.1, -0.05) is 45.9 Å². The smallest absolute Gasteiger partial charge is 0.277 e. The van der Waals surface area contributed by atoms with Gasteiger partial charge in [-0.25, -0.2) is 0 Å². The maximum absolute atomic E-state index is 12.1. The minimum absolute atomic E-state index is 0.110. The SMILES string of the molecule is Cc1cccc(NC(=O)CSc2nnc(-c3cccc(Br)c3)o2)c1C. The monoisotopic (exact) mass is 417 g/mol. The fourth-order valence-electron chi connectivity index (χ4n) is 2.21. The van der Waals surface area contributed by atoms with Crippen LogP contribution in [0.25, 0.3) is 11.5 Å². The molecule has 1 N–H and O–H groups in total. The molecule has 0 aliphatic rings. The van der Waals surface area contributed by atoms with E-state index in [1.807, 2.05) is 56.3 Å². The van der Waals surface area contributed by atoms with Gasteiger partial charge in [0.25, 0.3) is 5.22 Å². The number of aryl methyl sites for hydroxylation is 1. The Hall–Kier alpha value is -2.12. The number of thioether (sulfide) groups is 1. The molecule has 0 atom stereocenters. The zero-order chi connectivity index (χ0) is 17.8. The van der Waals surface area contributed by atoms with Crippen LogP contribution in [-0.2, 0) is 4.79 Å². The molecule has 1 heterocycles. The first-order valence-corrected chi connectivity index (χ1v) is 9.39. The Morgan fingerprint density at radius 1 is 1.20 bits per heavy atom. The highest BCUT2D eigenvalue weighted by Gasteiger charge is 2.12. The zero-order valence-electron chi connectivity index (χ0n) is 13.7. The zero-order valence-corrected chi connectivity index (χ0v) is 16.1. The molecular formula is C18H16BrN3O2S. The average molecular weight is 418 g/mol. The molecule has 0 radical (unpaired) electrons. The summed E-state index contributed by atoms with van der Waals surface area (Å²) in [5, 5.41) is 11.3. The lowest BCUT2D eigenvalue weighted by Crippen LogP contribution is -2.15. The lowest BCUT2D eigenvalue weighted by atomic mass is 10.1. The lowest BCUT2D eigenvalue weighted by Gasteiger charge is -2.09. The van der Waals surface area contributed by atoms with Crippen LogP contribution in [0, 0.1) is 13.8 Å². The highest BCUT2D eigenvalue weighted by molar-refractivity contribution is 9.10. The lowest BCUT2D eigenvalue weighted by molar-refractivity contribution is -0.113. The Morgan fingerprint density at radius 2 is 2.00 bits per heavy atom. The molecule has 0 saturated carbocycles. The van der Waals surface area contributed by atoms with Crippen LogP contribution in [-0.4, -0.2) is 21.9 Å². The van der Waals surface area contributed by atoms with Crippen LogP contribution in [0.1, 0.15) is 11.1 Å². The summed E-state index contributed by atoms with van der Waals surface area (Å²) in [6.07, 6.45) is 0. The van der Waals surface area contributed by atoms with E-state index in [0.29, 0.717) is 11.1 Å². The fourth-order valence-corrected chi connectivity index (χ4v) is 3.17. The van der Waals surface area contributed by atoms with Gasteiger partial charge in [0.2, 0.25) is 11.8 Å². The summed E-state index contributed by atoms with van der Waals surface area (Å²) >= 11 is 4.62. The van der Waals surface area contributed by atoms with E-state index in [1.165, 1.54) is 11.8 Å². The normalized spacial score (nSPS) is 10.7. The van der Waals surface area contributed by atoms with Crippen LogP contribution in [0.15, 0.2) is 56.6 Å². The standard InChI is InChI=1S/C18H16BrN3O2S/c1-11-5-3-8-15(12(11)2)20-16(23)10-25-18-22-21-17(24-18)13-6-4-7-14(19)9-13/h3-9H,10H2,1-2H3,(H,20,23). The largest absolute Gasteiger partial charge is 0.411 e. The maximum Gasteiger partial charge on any atom is 0.277 e. The molecule has 3 aromatic rings. The molecule has 7 heteroatoms. The van der Waals surface area contributed by atoms with Crippen molar-refractivity contribution < 1.29 is 9.21 Å². The second-order valence-corrected chi connectivity index (χ2v) is 7.31. The Kier molecular flexibility index (Phi) is 5.55. The predicted molar refractivity (Wildman–Crippen MR) is 103 cm³/mol. The molecule has 128 valence electrons. The third-order valence-corrected chi connectivity index (χ3v) is 5.00. The van der Waals surface area contributed by atoms with Gasteiger partial charge in [0.15, 0.2) is 0 Å². The van der Waals surface area contributed by atoms with Gasteiger partial charge in [0.1, 0.15) is 0 Å². The summed E-state index contributed by atoms with van der Waals surface area (Å²) in [5.74, 6) is 0.521. The summed E-state index contributed by atoms with van der Waals surface area (Å²) in [6.45, 7) is 4.00. The number of aromatic nitrogens is 2. The van der Waals surface area contributed by atoms with Gasteiger partial charge < -0.3 is 9.73 Å². The molecule has 0 unspecified atom stereocenters. The summed E-state index contributed by atoms with van der Waals surface area (Å²) in [5.41, 5.74) is 3.86. The Morgan fingerprint density at radius 3 is 2.80 bits per heavy atom. The molecule has 0 spiro atoms. The molecule has 0 bridgehead atoms. The predicted octanol–water partition coefficient (Wildman–Crippen LogP) is 4.85. The maximum atomic E-state index is 12.1. The Balaban J connectivity index is 1.60. The summed E-state index contributed by atoms with van der Waals surface area (Å²) in [7, 11) is 0. The van der Waals surface area contributed by atoms with Crippen molar-refractivity contribution in [3.63, 3.8) is 0 Å². The van der Waals surface area contributed by atoms with E-state index < -0.39 is 0 Å². The number of halogens is 1. The van der Waals surface area contributed by atoms with E-state index in [1.54, 1.807) is 0 Å². The minimum atomic E-state index is -0.110. The second-order valence-electron chi connectivity index (χ2n) is 5.47.